The fraction of sp³-hybridized carbons (Fsp3) is 0.188. The van der Waals surface area contributed by atoms with Crippen molar-refractivity contribution in [2.45, 2.75) is 13.2 Å². The zero-order valence-corrected chi connectivity index (χ0v) is 14.1. The summed E-state index contributed by atoms with van der Waals surface area (Å²) in [6.07, 6.45) is 2.68. The van der Waals surface area contributed by atoms with Crippen molar-refractivity contribution in [2.24, 2.45) is 0 Å². The SMILES string of the molecule is COc1cc(COC(=O)/C=C/c2ccc(Br)o2)ccc1OC(F)F. The first-order valence-electron chi connectivity index (χ1n) is 6.70. The number of hydrogen-bond donors (Lipinski definition) is 0. The molecule has 0 saturated heterocycles. The molecule has 0 aliphatic carbocycles. The van der Waals surface area contributed by atoms with Crippen LogP contribution in [0.15, 0.2) is 45.5 Å². The van der Waals surface area contributed by atoms with Crippen LogP contribution >= 0.6 is 15.9 Å². The Balaban J connectivity index is 1.93. The average molecular weight is 403 g/mol. The average Bonchev–Trinajstić information content (AvgIpc) is 2.97. The number of ether oxygens (including phenoxy) is 3. The summed E-state index contributed by atoms with van der Waals surface area (Å²) >= 11 is 3.15. The van der Waals surface area contributed by atoms with Gasteiger partial charge in [-0.1, -0.05) is 6.07 Å². The van der Waals surface area contributed by atoms with Gasteiger partial charge in [0.25, 0.3) is 0 Å². The first-order valence-corrected chi connectivity index (χ1v) is 7.49. The Bertz CT molecular complexity index is 727. The number of furan rings is 1. The van der Waals surface area contributed by atoms with Crippen LogP contribution in [0.25, 0.3) is 6.08 Å². The molecule has 0 bridgehead atoms. The van der Waals surface area contributed by atoms with Gasteiger partial charge >= 0.3 is 12.6 Å². The molecule has 8 heteroatoms. The van der Waals surface area contributed by atoms with Crippen molar-refractivity contribution in [1.82, 2.24) is 0 Å². The summed E-state index contributed by atoms with van der Waals surface area (Å²) < 4.78 is 44.6. The van der Waals surface area contributed by atoms with Crippen molar-refractivity contribution < 1.29 is 32.2 Å². The predicted molar refractivity (Wildman–Crippen MR) is 84.9 cm³/mol. The van der Waals surface area contributed by atoms with E-state index >= 15 is 0 Å². The predicted octanol–water partition coefficient (Wildman–Crippen LogP) is 4.41. The van der Waals surface area contributed by atoms with Crippen LogP contribution in [-0.2, 0) is 16.1 Å². The topological polar surface area (TPSA) is 57.9 Å². The zero-order valence-electron chi connectivity index (χ0n) is 12.5. The van der Waals surface area contributed by atoms with Crippen molar-refractivity contribution >= 4 is 28.0 Å². The summed E-state index contributed by atoms with van der Waals surface area (Å²) in [5.41, 5.74) is 0.566. The number of esters is 1. The molecule has 0 radical (unpaired) electrons. The maximum absolute atomic E-state index is 12.3. The highest BCUT2D eigenvalue weighted by molar-refractivity contribution is 9.10. The Morgan fingerprint density at radius 3 is 2.71 bits per heavy atom. The Hall–Kier alpha value is -2.35. The normalized spacial score (nSPS) is 11.0. The van der Waals surface area contributed by atoms with Gasteiger partial charge in [-0.2, -0.15) is 8.78 Å². The summed E-state index contributed by atoms with van der Waals surface area (Å²) in [6, 6.07) is 7.66. The number of carbonyl (C=O) groups is 1. The maximum Gasteiger partial charge on any atom is 0.387 e. The number of rotatable bonds is 7. The molecule has 0 fully saturated rings. The lowest BCUT2D eigenvalue weighted by atomic mass is 10.2. The summed E-state index contributed by atoms with van der Waals surface area (Å²) in [6.45, 7) is -2.99. The third-order valence-corrected chi connectivity index (χ3v) is 3.23. The van der Waals surface area contributed by atoms with E-state index in [9.17, 15) is 13.6 Å². The lowest BCUT2D eigenvalue weighted by Crippen LogP contribution is -2.05. The van der Waals surface area contributed by atoms with Crippen LogP contribution in [-0.4, -0.2) is 19.7 Å². The van der Waals surface area contributed by atoms with Gasteiger partial charge in [0, 0.05) is 6.08 Å². The molecule has 0 unspecified atom stereocenters. The molecule has 0 atom stereocenters. The van der Waals surface area contributed by atoms with Gasteiger partial charge in [-0.25, -0.2) is 4.79 Å². The van der Waals surface area contributed by atoms with Gasteiger partial charge in [-0.3, -0.25) is 0 Å². The molecule has 0 N–H and O–H groups in total. The van der Waals surface area contributed by atoms with E-state index in [0.717, 1.165) is 0 Å². The minimum absolute atomic E-state index is 0.0453. The van der Waals surface area contributed by atoms with Crippen LogP contribution < -0.4 is 9.47 Å². The van der Waals surface area contributed by atoms with Gasteiger partial charge in [0.2, 0.25) is 0 Å². The quantitative estimate of drug-likeness (QED) is 0.507. The van der Waals surface area contributed by atoms with E-state index in [2.05, 4.69) is 20.7 Å². The fourth-order valence-corrected chi connectivity index (χ4v) is 2.08. The third-order valence-electron chi connectivity index (χ3n) is 2.80. The van der Waals surface area contributed by atoms with Crippen LogP contribution in [0.5, 0.6) is 11.5 Å². The molecule has 0 amide bonds. The molecular weight excluding hydrogens is 390 g/mol. The van der Waals surface area contributed by atoms with Crippen LogP contribution in [0, 0.1) is 0 Å². The van der Waals surface area contributed by atoms with Crippen LogP contribution in [0.2, 0.25) is 0 Å². The van der Waals surface area contributed by atoms with Crippen molar-refractivity contribution in [3.63, 3.8) is 0 Å². The largest absolute Gasteiger partial charge is 0.493 e. The summed E-state index contributed by atoms with van der Waals surface area (Å²) in [5, 5.41) is 0. The van der Waals surface area contributed by atoms with E-state index in [1.165, 1.54) is 37.5 Å². The molecule has 0 spiro atoms. The number of carbonyl (C=O) groups excluding carboxylic acids is 1. The molecule has 128 valence electrons. The highest BCUT2D eigenvalue weighted by atomic mass is 79.9. The Morgan fingerprint density at radius 2 is 2.08 bits per heavy atom. The number of halogens is 3. The van der Waals surface area contributed by atoms with Crippen molar-refractivity contribution in [2.75, 3.05) is 7.11 Å². The minimum atomic E-state index is -2.95. The van der Waals surface area contributed by atoms with Gasteiger partial charge in [0.15, 0.2) is 16.2 Å². The smallest absolute Gasteiger partial charge is 0.387 e. The first-order chi connectivity index (χ1) is 11.5. The second-order valence-electron chi connectivity index (χ2n) is 4.45. The van der Waals surface area contributed by atoms with Crippen molar-refractivity contribution in [1.29, 1.82) is 0 Å². The van der Waals surface area contributed by atoms with Gasteiger partial charge in [0.05, 0.1) is 7.11 Å². The lowest BCUT2D eigenvalue weighted by Gasteiger charge is -2.11. The molecule has 1 aromatic heterocycles. The van der Waals surface area contributed by atoms with Crippen LogP contribution in [0.4, 0.5) is 8.78 Å². The van der Waals surface area contributed by atoms with E-state index in [4.69, 9.17) is 13.9 Å². The highest BCUT2D eigenvalue weighted by Crippen LogP contribution is 2.29. The summed E-state index contributed by atoms with van der Waals surface area (Å²) in [4.78, 5) is 11.6. The van der Waals surface area contributed by atoms with Crippen LogP contribution in [0.1, 0.15) is 11.3 Å². The van der Waals surface area contributed by atoms with Crippen LogP contribution in [0.3, 0.4) is 0 Å². The number of methoxy groups -OCH3 is 1. The molecule has 0 aliphatic heterocycles. The van der Waals surface area contributed by atoms with E-state index in [-0.39, 0.29) is 18.1 Å². The van der Waals surface area contributed by atoms with E-state index in [1.54, 1.807) is 12.1 Å². The molecule has 1 heterocycles. The highest BCUT2D eigenvalue weighted by Gasteiger charge is 2.11. The van der Waals surface area contributed by atoms with Gasteiger partial charge in [-0.05, 0) is 51.8 Å². The molecule has 1 aromatic carbocycles. The third kappa shape index (κ3) is 5.38. The standard InChI is InChI=1S/C16H13BrF2O5/c1-21-13-8-10(2-5-12(13)24-16(18)19)9-22-15(20)7-4-11-3-6-14(17)23-11/h2-8,16H,9H2,1H3/b7-4+. The molecular formula is C16H13BrF2O5. The molecule has 24 heavy (non-hydrogen) atoms. The van der Waals surface area contributed by atoms with Crippen molar-refractivity contribution in [3.8, 4) is 11.5 Å². The molecule has 0 saturated carbocycles. The summed E-state index contributed by atoms with van der Waals surface area (Å²) in [7, 11) is 1.33. The number of benzene rings is 1. The molecule has 0 aliphatic rings. The minimum Gasteiger partial charge on any atom is -0.493 e. The molecule has 2 rings (SSSR count). The molecule has 2 aromatic rings. The first kappa shape index (κ1) is 18.0. The zero-order chi connectivity index (χ0) is 17.5. The Morgan fingerprint density at radius 1 is 1.29 bits per heavy atom. The summed E-state index contributed by atoms with van der Waals surface area (Å²) in [5.74, 6) is -0.0471. The van der Waals surface area contributed by atoms with Gasteiger partial charge < -0.3 is 18.6 Å². The Kier molecular flexibility index (Phi) is 6.36. The maximum atomic E-state index is 12.3. The number of alkyl halides is 2. The van der Waals surface area contributed by atoms with Crippen molar-refractivity contribution in [3.05, 3.63) is 52.4 Å². The monoisotopic (exact) mass is 402 g/mol. The Labute approximate surface area is 144 Å². The second kappa shape index (κ2) is 8.49. The van der Waals surface area contributed by atoms with Gasteiger partial charge in [-0.15, -0.1) is 0 Å². The van der Waals surface area contributed by atoms with E-state index in [1.807, 2.05) is 0 Å². The molecule has 5 nitrogen and oxygen atoms in total. The number of hydrogen-bond acceptors (Lipinski definition) is 5. The van der Waals surface area contributed by atoms with Gasteiger partial charge in [0.1, 0.15) is 12.4 Å². The van der Waals surface area contributed by atoms with E-state index in [0.29, 0.717) is 16.0 Å². The lowest BCUT2D eigenvalue weighted by molar-refractivity contribution is -0.138. The fourth-order valence-electron chi connectivity index (χ4n) is 1.77. The second-order valence-corrected chi connectivity index (χ2v) is 5.23. The van der Waals surface area contributed by atoms with E-state index < -0.39 is 12.6 Å².